The quantitative estimate of drug-likeness (QED) is 0.416. The Balaban J connectivity index is 2.06. The summed E-state index contributed by atoms with van der Waals surface area (Å²) >= 11 is 0. The molecule has 1 aliphatic carbocycles. The van der Waals surface area contributed by atoms with Crippen LogP contribution in [0.25, 0.3) is 0 Å². The molecule has 0 radical (unpaired) electrons. The van der Waals surface area contributed by atoms with Gasteiger partial charge in [0.25, 0.3) is 0 Å². The Morgan fingerprint density at radius 1 is 1.28 bits per heavy atom. The van der Waals surface area contributed by atoms with Crippen LogP contribution in [0.4, 0.5) is 4.79 Å². The van der Waals surface area contributed by atoms with E-state index in [1.807, 2.05) is 13.8 Å². The zero-order valence-electron chi connectivity index (χ0n) is 15.3. The summed E-state index contributed by atoms with van der Waals surface area (Å²) in [5.74, 6) is -1.93. The third-order valence-corrected chi connectivity index (χ3v) is 4.81. The van der Waals surface area contributed by atoms with Gasteiger partial charge in [-0.05, 0) is 44.9 Å². The summed E-state index contributed by atoms with van der Waals surface area (Å²) < 4.78 is 0. The summed E-state index contributed by atoms with van der Waals surface area (Å²) in [7, 11) is 0. The molecule has 0 aromatic heterocycles. The molecule has 0 unspecified atom stereocenters. The second-order valence-corrected chi connectivity index (χ2v) is 6.66. The fraction of sp³-hybridized carbons (Fsp3) is 0.684. The van der Waals surface area contributed by atoms with Crippen LogP contribution in [0.15, 0.2) is 16.6 Å². The highest BCUT2D eigenvalue weighted by atomic mass is 16.2. The largest absolute Gasteiger partial charge is 0.330 e. The van der Waals surface area contributed by atoms with Gasteiger partial charge in [0, 0.05) is 18.8 Å². The zero-order valence-corrected chi connectivity index (χ0v) is 15.3. The SMILES string of the molecule is CCCCN1C(=O)NC(=O)[C@H](C(CC)=NCCC2=CCCCC2)C1=O. The van der Waals surface area contributed by atoms with Crippen LogP contribution >= 0.6 is 0 Å². The standard InChI is InChI=1S/C19H29N3O3/c1-3-5-13-22-18(24)16(17(23)21-19(22)25)15(4-2)20-12-11-14-9-7-6-8-10-14/h9,16H,3-8,10-13H2,1-2H3,(H,21,23,25)/t16-/m0/s1. The summed E-state index contributed by atoms with van der Waals surface area (Å²) in [4.78, 5) is 42.5. The smallest absolute Gasteiger partial charge is 0.292 e. The van der Waals surface area contributed by atoms with Crippen LogP contribution in [0.5, 0.6) is 0 Å². The van der Waals surface area contributed by atoms with Crippen LogP contribution in [0.1, 0.15) is 65.2 Å². The number of unbranched alkanes of at least 4 members (excludes halogenated alkanes) is 1. The van der Waals surface area contributed by atoms with Crippen molar-refractivity contribution in [3.8, 4) is 0 Å². The molecule has 0 bridgehead atoms. The van der Waals surface area contributed by atoms with Crippen molar-refractivity contribution in [2.75, 3.05) is 13.1 Å². The van der Waals surface area contributed by atoms with E-state index in [2.05, 4.69) is 16.4 Å². The topological polar surface area (TPSA) is 78.8 Å². The molecular weight excluding hydrogens is 318 g/mol. The van der Waals surface area contributed by atoms with Crippen molar-refractivity contribution in [3.05, 3.63) is 11.6 Å². The fourth-order valence-corrected chi connectivity index (χ4v) is 3.32. The highest BCUT2D eigenvalue weighted by Crippen LogP contribution is 2.21. The first kappa shape index (κ1) is 19.3. The van der Waals surface area contributed by atoms with Gasteiger partial charge in [0.1, 0.15) is 0 Å². The van der Waals surface area contributed by atoms with E-state index < -0.39 is 23.8 Å². The number of nitrogens with one attached hydrogen (secondary N) is 1. The molecular formula is C19H29N3O3. The Labute approximate surface area is 149 Å². The number of amides is 4. The second kappa shape index (κ2) is 9.49. The molecule has 2 aliphatic rings. The fourth-order valence-electron chi connectivity index (χ4n) is 3.32. The van der Waals surface area contributed by atoms with Crippen LogP contribution in [-0.4, -0.2) is 41.5 Å². The van der Waals surface area contributed by atoms with Gasteiger partial charge in [-0.25, -0.2) is 4.79 Å². The molecule has 2 rings (SSSR count). The number of barbiturate groups is 1. The average Bonchev–Trinajstić information content (AvgIpc) is 2.61. The first-order chi connectivity index (χ1) is 12.1. The number of aliphatic imine (C=N–C) groups is 1. The van der Waals surface area contributed by atoms with E-state index in [-0.39, 0.29) is 0 Å². The minimum Gasteiger partial charge on any atom is -0.292 e. The van der Waals surface area contributed by atoms with Gasteiger partial charge in [-0.15, -0.1) is 0 Å². The minimum atomic E-state index is -0.958. The number of urea groups is 1. The van der Waals surface area contributed by atoms with Crippen molar-refractivity contribution in [2.45, 2.75) is 65.2 Å². The van der Waals surface area contributed by atoms with Gasteiger partial charge in [-0.3, -0.25) is 24.8 Å². The Morgan fingerprint density at radius 3 is 2.72 bits per heavy atom. The Kier molecular flexibility index (Phi) is 7.34. The number of nitrogens with zero attached hydrogens (tertiary/aromatic N) is 2. The molecule has 1 fully saturated rings. The van der Waals surface area contributed by atoms with E-state index in [0.717, 1.165) is 37.0 Å². The van der Waals surface area contributed by atoms with E-state index >= 15 is 0 Å². The van der Waals surface area contributed by atoms with Crippen LogP contribution in [0, 0.1) is 5.92 Å². The second-order valence-electron chi connectivity index (χ2n) is 6.66. The molecule has 138 valence electrons. The van der Waals surface area contributed by atoms with E-state index in [9.17, 15) is 14.4 Å². The van der Waals surface area contributed by atoms with E-state index in [1.54, 1.807) is 0 Å². The minimum absolute atomic E-state index is 0.342. The molecule has 1 N–H and O–H groups in total. The van der Waals surface area contributed by atoms with E-state index in [0.29, 0.717) is 25.2 Å². The summed E-state index contributed by atoms with van der Waals surface area (Å²) in [6.45, 7) is 4.82. The van der Waals surface area contributed by atoms with E-state index in [1.165, 1.54) is 18.4 Å². The van der Waals surface area contributed by atoms with Gasteiger partial charge in [0.05, 0.1) is 0 Å². The molecule has 1 aliphatic heterocycles. The van der Waals surface area contributed by atoms with Gasteiger partial charge >= 0.3 is 6.03 Å². The number of imide groups is 2. The molecule has 1 heterocycles. The monoisotopic (exact) mass is 347 g/mol. The number of carbonyl (C=O) groups is 3. The lowest BCUT2D eigenvalue weighted by atomic mass is 9.95. The number of hydrogen-bond acceptors (Lipinski definition) is 4. The predicted molar refractivity (Wildman–Crippen MR) is 97.4 cm³/mol. The van der Waals surface area contributed by atoms with Gasteiger partial charge in [0.15, 0.2) is 5.92 Å². The van der Waals surface area contributed by atoms with Crippen LogP contribution < -0.4 is 5.32 Å². The van der Waals surface area contributed by atoms with Crippen LogP contribution in [0.3, 0.4) is 0 Å². The summed E-state index contributed by atoms with van der Waals surface area (Å²) in [5, 5.41) is 2.31. The molecule has 6 heteroatoms. The Bertz CT molecular complexity index is 580. The molecule has 0 spiro atoms. The van der Waals surface area contributed by atoms with Gasteiger partial charge in [0.2, 0.25) is 11.8 Å². The Hall–Kier alpha value is -1.98. The molecule has 1 saturated heterocycles. The first-order valence-electron chi connectivity index (χ1n) is 9.45. The lowest BCUT2D eigenvalue weighted by Gasteiger charge is -2.30. The van der Waals surface area contributed by atoms with Crippen LogP contribution in [0.2, 0.25) is 0 Å². The third kappa shape index (κ3) is 5.00. The van der Waals surface area contributed by atoms with Gasteiger partial charge < -0.3 is 0 Å². The molecule has 0 aromatic rings. The van der Waals surface area contributed by atoms with Gasteiger partial charge in [-0.1, -0.05) is 31.9 Å². The summed E-state index contributed by atoms with van der Waals surface area (Å²) in [5.41, 5.74) is 2.00. The molecule has 6 nitrogen and oxygen atoms in total. The highest BCUT2D eigenvalue weighted by molar-refractivity contribution is 6.27. The maximum Gasteiger partial charge on any atom is 0.330 e. The predicted octanol–water partition coefficient (Wildman–Crippen LogP) is 3.22. The van der Waals surface area contributed by atoms with Gasteiger partial charge in [-0.2, -0.15) is 0 Å². The number of hydrogen-bond donors (Lipinski definition) is 1. The molecule has 0 saturated carbocycles. The number of rotatable bonds is 8. The Morgan fingerprint density at radius 2 is 2.08 bits per heavy atom. The van der Waals surface area contributed by atoms with Crippen molar-refractivity contribution < 1.29 is 14.4 Å². The third-order valence-electron chi connectivity index (χ3n) is 4.81. The van der Waals surface area contributed by atoms with Crippen molar-refractivity contribution in [2.24, 2.45) is 10.9 Å². The number of carbonyl (C=O) groups excluding carboxylic acids is 3. The first-order valence-corrected chi connectivity index (χ1v) is 9.45. The van der Waals surface area contributed by atoms with Crippen molar-refractivity contribution in [3.63, 3.8) is 0 Å². The summed E-state index contributed by atoms with van der Waals surface area (Å²) in [6.07, 6.45) is 10.0. The molecule has 25 heavy (non-hydrogen) atoms. The molecule has 1 atom stereocenters. The molecule has 0 aromatic carbocycles. The maximum absolute atomic E-state index is 12.7. The highest BCUT2D eigenvalue weighted by Gasteiger charge is 2.42. The maximum atomic E-state index is 12.7. The van der Waals surface area contributed by atoms with Crippen LogP contribution in [-0.2, 0) is 9.59 Å². The summed E-state index contributed by atoms with van der Waals surface area (Å²) in [6, 6.07) is -0.609. The number of allylic oxidation sites excluding steroid dienone is 1. The average molecular weight is 347 g/mol. The van der Waals surface area contributed by atoms with Crippen molar-refractivity contribution >= 4 is 23.6 Å². The normalized spacial score (nSPS) is 22.1. The van der Waals surface area contributed by atoms with Crippen molar-refractivity contribution in [1.29, 1.82) is 0 Å². The van der Waals surface area contributed by atoms with Crippen molar-refractivity contribution in [1.82, 2.24) is 10.2 Å². The lowest BCUT2D eigenvalue weighted by Crippen LogP contribution is -2.60. The van der Waals surface area contributed by atoms with E-state index in [4.69, 9.17) is 0 Å². The lowest BCUT2D eigenvalue weighted by molar-refractivity contribution is -0.139. The molecule has 4 amide bonds. The zero-order chi connectivity index (χ0) is 18.2.